The summed E-state index contributed by atoms with van der Waals surface area (Å²) in [5.74, 6) is -1.12. The Morgan fingerprint density at radius 1 is 1.56 bits per heavy atom. The number of phenols is 1. The normalized spacial score (nSPS) is 18.3. The molecule has 1 heterocycles. The van der Waals surface area contributed by atoms with Crippen LogP contribution in [0.4, 0.5) is 4.39 Å². The number of likely N-dealkylation sites (tertiary alicyclic amines) is 1. The highest BCUT2D eigenvalue weighted by Gasteiger charge is 2.32. The summed E-state index contributed by atoms with van der Waals surface area (Å²) in [4.78, 5) is 12.6. The molecule has 1 aliphatic heterocycles. The SMILES string of the molecule is CC(c1ccc(F)cc1O)N1CC(CC(=O)O)C1. The lowest BCUT2D eigenvalue weighted by Crippen LogP contribution is -2.48. The summed E-state index contributed by atoms with van der Waals surface area (Å²) in [6.45, 7) is 3.32. The third-order valence-corrected chi connectivity index (χ3v) is 3.44. The molecule has 0 saturated carbocycles. The van der Waals surface area contributed by atoms with E-state index in [1.807, 2.05) is 6.92 Å². The molecule has 18 heavy (non-hydrogen) atoms. The van der Waals surface area contributed by atoms with Crippen LogP contribution in [0.15, 0.2) is 18.2 Å². The lowest BCUT2D eigenvalue weighted by Gasteiger charge is -2.43. The molecule has 1 unspecified atom stereocenters. The number of rotatable bonds is 4. The zero-order valence-corrected chi connectivity index (χ0v) is 10.1. The molecule has 1 fully saturated rings. The van der Waals surface area contributed by atoms with Crippen LogP contribution in [0, 0.1) is 11.7 Å². The van der Waals surface area contributed by atoms with E-state index in [9.17, 15) is 14.3 Å². The third kappa shape index (κ3) is 2.61. The van der Waals surface area contributed by atoms with Gasteiger partial charge >= 0.3 is 5.97 Å². The van der Waals surface area contributed by atoms with Gasteiger partial charge in [0.25, 0.3) is 0 Å². The van der Waals surface area contributed by atoms with Crippen molar-refractivity contribution in [2.75, 3.05) is 13.1 Å². The standard InChI is InChI=1S/C13H16FNO3/c1-8(11-3-2-10(14)5-12(11)16)15-6-9(7-15)4-13(17)18/h2-3,5,8-9,16H,4,6-7H2,1H3,(H,17,18). The Morgan fingerprint density at radius 3 is 2.78 bits per heavy atom. The summed E-state index contributed by atoms with van der Waals surface area (Å²) in [5, 5.41) is 18.3. The van der Waals surface area contributed by atoms with Crippen molar-refractivity contribution in [3.8, 4) is 5.75 Å². The van der Waals surface area contributed by atoms with Crippen molar-refractivity contribution in [1.29, 1.82) is 0 Å². The summed E-state index contributed by atoms with van der Waals surface area (Å²) >= 11 is 0. The maximum Gasteiger partial charge on any atom is 0.303 e. The summed E-state index contributed by atoms with van der Waals surface area (Å²) in [7, 11) is 0. The van der Waals surface area contributed by atoms with Crippen molar-refractivity contribution in [3.63, 3.8) is 0 Å². The molecule has 2 rings (SSSR count). The molecule has 0 spiro atoms. The predicted octanol–water partition coefficient (Wildman–Crippen LogP) is 2.00. The summed E-state index contributed by atoms with van der Waals surface area (Å²) < 4.78 is 12.9. The van der Waals surface area contributed by atoms with Gasteiger partial charge in [0.15, 0.2) is 0 Å². The minimum atomic E-state index is -0.781. The molecule has 0 amide bonds. The van der Waals surface area contributed by atoms with E-state index in [1.54, 1.807) is 6.07 Å². The fourth-order valence-electron chi connectivity index (χ4n) is 2.37. The molecule has 2 N–H and O–H groups in total. The quantitative estimate of drug-likeness (QED) is 0.861. The van der Waals surface area contributed by atoms with Gasteiger partial charge in [-0.3, -0.25) is 9.69 Å². The molecule has 1 aromatic carbocycles. The molecule has 0 bridgehead atoms. The molecule has 98 valence electrons. The largest absolute Gasteiger partial charge is 0.508 e. The number of phenolic OH excluding ortho intramolecular Hbond substituents is 1. The number of carboxylic acids is 1. The zero-order chi connectivity index (χ0) is 13.3. The van der Waals surface area contributed by atoms with E-state index < -0.39 is 11.8 Å². The van der Waals surface area contributed by atoms with E-state index in [2.05, 4.69) is 4.90 Å². The minimum absolute atomic E-state index is 0.0318. The Kier molecular flexibility index (Phi) is 3.52. The minimum Gasteiger partial charge on any atom is -0.508 e. The second-order valence-electron chi connectivity index (χ2n) is 4.80. The third-order valence-electron chi connectivity index (χ3n) is 3.44. The number of halogens is 1. The van der Waals surface area contributed by atoms with Crippen LogP contribution in [-0.4, -0.2) is 34.2 Å². The highest BCUT2D eigenvalue weighted by Crippen LogP contribution is 2.34. The molecule has 0 aliphatic carbocycles. The van der Waals surface area contributed by atoms with Crippen molar-refractivity contribution in [2.24, 2.45) is 5.92 Å². The first-order valence-electron chi connectivity index (χ1n) is 5.91. The Bertz CT molecular complexity index is 458. The van der Waals surface area contributed by atoms with E-state index in [1.165, 1.54) is 6.07 Å². The lowest BCUT2D eigenvalue weighted by molar-refractivity contribution is -0.139. The van der Waals surface area contributed by atoms with Gasteiger partial charge in [-0.2, -0.15) is 0 Å². The molecule has 0 aromatic heterocycles. The van der Waals surface area contributed by atoms with Crippen LogP contribution < -0.4 is 0 Å². The average molecular weight is 253 g/mol. The van der Waals surface area contributed by atoms with Gasteiger partial charge < -0.3 is 10.2 Å². The van der Waals surface area contributed by atoms with Crippen molar-refractivity contribution < 1.29 is 19.4 Å². The number of aliphatic carboxylic acids is 1. The first-order chi connectivity index (χ1) is 8.47. The summed E-state index contributed by atoms with van der Waals surface area (Å²) in [5.41, 5.74) is 0.671. The van der Waals surface area contributed by atoms with E-state index in [0.717, 1.165) is 6.07 Å². The average Bonchev–Trinajstić information content (AvgIpc) is 2.21. The highest BCUT2D eigenvalue weighted by atomic mass is 19.1. The highest BCUT2D eigenvalue weighted by molar-refractivity contribution is 5.67. The van der Waals surface area contributed by atoms with Crippen LogP contribution in [0.5, 0.6) is 5.75 Å². The van der Waals surface area contributed by atoms with Gasteiger partial charge in [0.2, 0.25) is 0 Å². The van der Waals surface area contributed by atoms with Gasteiger partial charge in [0.1, 0.15) is 11.6 Å². The number of carboxylic acid groups (broad SMARTS) is 1. The topological polar surface area (TPSA) is 60.8 Å². The Morgan fingerprint density at radius 2 is 2.22 bits per heavy atom. The number of benzene rings is 1. The number of hydrogen-bond donors (Lipinski definition) is 2. The van der Waals surface area contributed by atoms with Crippen molar-refractivity contribution in [2.45, 2.75) is 19.4 Å². The number of carbonyl (C=O) groups is 1. The number of aromatic hydroxyl groups is 1. The maximum absolute atomic E-state index is 12.9. The Balaban J connectivity index is 1.97. The number of nitrogens with zero attached hydrogens (tertiary/aromatic N) is 1. The molecule has 1 aliphatic rings. The lowest BCUT2D eigenvalue weighted by atomic mass is 9.92. The van der Waals surface area contributed by atoms with Gasteiger partial charge in [-0.05, 0) is 18.9 Å². The van der Waals surface area contributed by atoms with Gasteiger partial charge in [-0.25, -0.2) is 4.39 Å². The van der Waals surface area contributed by atoms with Gasteiger partial charge in [0.05, 0.1) is 6.42 Å². The monoisotopic (exact) mass is 253 g/mol. The van der Waals surface area contributed by atoms with Gasteiger partial charge in [0, 0.05) is 30.8 Å². The molecular weight excluding hydrogens is 237 g/mol. The molecule has 1 saturated heterocycles. The smallest absolute Gasteiger partial charge is 0.303 e. The van der Waals surface area contributed by atoms with Crippen molar-refractivity contribution in [1.82, 2.24) is 4.90 Å². The summed E-state index contributed by atoms with van der Waals surface area (Å²) in [6, 6.07) is 3.95. The maximum atomic E-state index is 12.9. The van der Waals surface area contributed by atoms with Gasteiger partial charge in [-0.1, -0.05) is 6.07 Å². The fourth-order valence-corrected chi connectivity index (χ4v) is 2.37. The van der Waals surface area contributed by atoms with Crippen LogP contribution in [-0.2, 0) is 4.79 Å². The van der Waals surface area contributed by atoms with Crippen LogP contribution >= 0.6 is 0 Å². The first kappa shape index (κ1) is 12.8. The fraction of sp³-hybridized carbons (Fsp3) is 0.462. The zero-order valence-electron chi connectivity index (χ0n) is 10.1. The van der Waals surface area contributed by atoms with Crippen LogP contribution in [0.1, 0.15) is 24.9 Å². The first-order valence-corrected chi connectivity index (χ1v) is 5.91. The molecule has 1 aromatic rings. The number of hydrogen-bond acceptors (Lipinski definition) is 3. The van der Waals surface area contributed by atoms with Crippen LogP contribution in [0.3, 0.4) is 0 Å². The molecule has 1 atom stereocenters. The Hall–Kier alpha value is -1.62. The van der Waals surface area contributed by atoms with E-state index in [0.29, 0.717) is 18.7 Å². The predicted molar refractivity (Wildman–Crippen MR) is 63.8 cm³/mol. The van der Waals surface area contributed by atoms with Crippen molar-refractivity contribution in [3.05, 3.63) is 29.6 Å². The van der Waals surface area contributed by atoms with Crippen LogP contribution in [0.25, 0.3) is 0 Å². The molecular formula is C13H16FNO3. The van der Waals surface area contributed by atoms with E-state index >= 15 is 0 Å². The second kappa shape index (κ2) is 4.94. The van der Waals surface area contributed by atoms with Gasteiger partial charge in [-0.15, -0.1) is 0 Å². The van der Waals surface area contributed by atoms with E-state index in [-0.39, 0.29) is 24.1 Å². The molecule has 4 nitrogen and oxygen atoms in total. The van der Waals surface area contributed by atoms with Crippen LogP contribution in [0.2, 0.25) is 0 Å². The molecule has 5 heteroatoms. The second-order valence-corrected chi connectivity index (χ2v) is 4.80. The summed E-state index contributed by atoms with van der Waals surface area (Å²) in [6.07, 6.45) is 0.179. The van der Waals surface area contributed by atoms with Crippen molar-refractivity contribution >= 4 is 5.97 Å². The molecule has 0 radical (unpaired) electrons. The van der Waals surface area contributed by atoms with E-state index in [4.69, 9.17) is 5.11 Å². The Labute approximate surface area is 105 Å².